The second kappa shape index (κ2) is 7.16. The van der Waals surface area contributed by atoms with Gasteiger partial charge in [0.2, 0.25) is 0 Å². The summed E-state index contributed by atoms with van der Waals surface area (Å²) in [7, 11) is 1.65. The Morgan fingerprint density at radius 3 is 2.38 bits per heavy atom. The number of hydrogen-bond acceptors (Lipinski definition) is 3. The number of methoxy groups -OCH3 is 1. The highest BCUT2D eigenvalue weighted by Crippen LogP contribution is 2.28. The minimum absolute atomic E-state index is 0.362. The Hall–Kier alpha value is -1.97. The second-order valence-electron chi connectivity index (χ2n) is 5.21. The number of aryl methyl sites for hydroxylation is 1. The Morgan fingerprint density at radius 1 is 1.10 bits per heavy atom. The zero-order valence-electron chi connectivity index (χ0n) is 13.1. The molecular formula is C17H24N2O2. The van der Waals surface area contributed by atoms with Crippen LogP contribution >= 0.6 is 0 Å². The number of benzene rings is 1. The van der Waals surface area contributed by atoms with Crippen LogP contribution in [0, 0.1) is 0 Å². The molecule has 4 nitrogen and oxygen atoms in total. The molecule has 0 radical (unpaired) electrons. The van der Waals surface area contributed by atoms with E-state index in [1.165, 1.54) is 0 Å². The summed E-state index contributed by atoms with van der Waals surface area (Å²) in [5.41, 5.74) is 2.65. The first-order chi connectivity index (χ1) is 10.2. The molecule has 0 fully saturated rings. The molecule has 0 unspecified atom stereocenters. The molecule has 4 heteroatoms. The first kappa shape index (κ1) is 15.4. The maximum Gasteiger partial charge on any atom is 0.160 e. The summed E-state index contributed by atoms with van der Waals surface area (Å²) in [5, 5.41) is 15.0. The van der Waals surface area contributed by atoms with Crippen molar-refractivity contribution in [3.8, 4) is 17.2 Å². The fourth-order valence-electron chi connectivity index (χ4n) is 2.41. The van der Waals surface area contributed by atoms with Gasteiger partial charge in [-0.05, 0) is 43.5 Å². The van der Waals surface area contributed by atoms with Crippen LogP contribution in [0.2, 0.25) is 0 Å². The molecule has 0 aliphatic rings. The Balaban J connectivity index is 2.39. The van der Waals surface area contributed by atoms with Gasteiger partial charge < -0.3 is 9.84 Å². The van der Waals surface area contributed by atoms with Crippen LogP contribution in [0.15, 0.2) is 24.3 Å². The first-order valence-electron chi connectivity index (χ1n) is 7.65. The van der Waals surface area contributed by atoms with Crippen molar-refractivity contribution in [2.24, 2.45) is 0 Å². The Kier molecular flexibility index (Phi) is 5.26. The Bertz CT molecular complexity index is 573. The van der Waals surface area contributed by atoms with Crippen LogP contribution in [0.3, 0.4) is 0 Å². The third-order valence-electron chi connectivity index (χ3n) is 3.59. The zero-order valence-corrected chi connectivity index (χ0v) is 13.1. The van der Waals surface area contributed by atoms with Crippen molar-refractivity contribution in [3.05, 3.63) is 35.7 Å². The van der Waals surface area contributed by atoms with Crippen LogP contribution in [0.5, 0.6) is 11.5 Å². The molecule has 0 spiro atoms. The van der Waals surface area contributed by atoms with Crippen LogP contribution < -0.4 is 4.74 Å². The topological polar surface area (TPSA) is 47.3 Å². The van der Waals surface area contributed by atoms with Crippen molar-refractivity contribution in [2.75, 3.05) is 7.11 Å². The summed E-state index contributed by atoms with van der Waals surface area (Å²) >= 11 is 0. The molecule has 1 heterocycles. The standard InChI is InChI=1S/C17H24N2O2/c1-4-6-8-15-17(20)16(7-5-2)19(18-15)13-9-11-14(21-3)12-10-13/h9-12,20H,4-8H2,1-3H3. The van der Waals surface area contributed by atoms with Gasteiger partial charge in [0.05, 0.1) is 18.5 Å². The monoisotopic (exact) mass is 288 g/mol. The van der Waals surface area contributed by atoms with Crippen LogP contribution in [-0.4, -0.2) is 22.0 Å². The lowest BCUT2D eigenvalue weighted by Crippen LogP contribution is -2.02. The predicted octanol–water partition coefficient (Wildman–Crippen LogP) is 3.88. The van der Waals surface area contributed by atoms with E-state index in [4.69, 9.17) is 4.74 Å². The minimum Gasteiger partial charge on any atom is -0.504 e. The molecule has 0 saturated heterocycles. The lowest BCUT2D eigenvalue weighted by molar-refractivity contribution is 0.414. The highest BCUT2D eigenvalue weighted by Gasteiger charge is 2.17. The summed E-state index contributed by atoms with van der Waals surface area (Å²) in [6.07, 6.45) is 4.75. The largest absolute Gasteiger partial charge is 0.504 e. The number of nitrogens with zero attached hydrogens (tertiary/aromatic N) is 2. The van der Waals surface area contributed by atoms with Crippen molar-refractivity contribution in [1.82, 2.24) is 9.78 Å². The Morgan fingerprint density at radius 2 is 1.81 bits per heavy atom. The van der Waals surface area contributed by atoms with Gasteiger partial charge in [0.1, 0.15) is 11.4 Å². The molecule has 2 rings (SSSR count). The van der Waals surface area contributed by atoms with Gasteiger partial charge >= 0.3 is 0 Å². The van der Waals surface area contributed by atoms with Crippen LogP contribution in [0.25, 0.3) is 5.69 Å². The van der Waals surface area contributed by atoms with Gasteiger partial charge in [0, 0.05) is 0 Å². The summed E-state index contributed by atoms with van der Waals surface area (Å²) in [6.45, 7) is 4.25. The van der Waals surface area contributed by atoms with Gasteiger partial charge in [-0.2, -0.15) is 5.10 Å². The van der Waals surface area contributed by atoms with Crippen molar-refractivity contribution in [2.45, 2.75) is 46.0 Å². The van der Waals surface area contributed by atoms with Gasteiger partial charge in [-0.1, -0.05) is 26.7 Å². The summed E-state index contributed by atoms with van der Waals surface area (Å²) in [5.74, 6) is 1.18. The highest BCUT2D eigenvalue weighted by atomic mass is 16.5. The number of aromatic hydroxyl groups is 1. The van der Waals surface area contributed by atoms with E-state index in [0.29, 0.717) is 5.75 Å². The van der Waals surface area contributed by atoms with Crippen molar-refractivity contribution >= 4 is 0 Å². The van der Waals surface area contributed by atoms with Crippen LogP contribution in [0.1, 0.15) is 44.5 Å². The number of hydrogen-bond donors (Lipinski definition) is 1. The SMILES string of the molecule is CCCCc1nn(-c2ccc(OC)cc2)c(CCC)c1O. The van der Waals surface area contributed by atoms with E-state index in [-0.39, 0.29) is 0 Å². The first-order valence-corrected chi connectivity index (χ1v) is 7.65. The predicted molar refractivity (Wildman–Crippen MR) is 84.4 cm³/mol. The van der Waals surface area contributed by atoms with E-state index in [2.05, 4.69) is 18.9 Å². The number of unbranched alkanes of at least 4 members (excludes halogenated alkanes) is 1. The third-order valence-corrected chi connectivity index (χ3v) is 3.59. The maximum absolute atomic E-state index is 10.4. The molecule has 114 valence electrons. The number of ether oxygens (including phenoxy) is 1. The average molecular weight is 288 g/mol. The van der Waals surface area contributed by atoms with Crippen molar-refractivity contribution < 1.29 is 9.84 Å². The van der Waals surface area contributed by atoms with E-state index in [1.54, 1.807) is 7.11 Å². The van der Waals surface area contributed by atoms with Crippen molar-refractivity contribution in [3.63, 3.8) is 0 Å². The quantitative estimate of drug-likeness (QED) is 0.841. The molecule has 0 aliphatic heterocycles. The molecule has 0 bridgehead atoms. The van der Waals surface area contributed by atoms with E-state index in [1.807, 2.05) is 28.9 Å². The van der Waals surface area contributed by atoms with Gasteiger partial charge in [0.15, 0.2) is 5.75 Å². The molecule has 0 atom stereocenters. The van der Waals surface area contributed by atoms with Gasteiger partial charge in [0.25, 0.3) is 0 Å². The minimum atomic E-state index is 0.362. The molecule has 1 aromatic heterocycles. The van der Waals surface area contributed by atoms with Crippen LogP contribution in [-0.2, 0) is 12.8 Å². The maximum atomic E-state index is 10.4. The number of aromatic nitrogens is 2. The highest BCUT2D eigenvalue weighted by molar-refractivity contribution is 5.43. The lowest BCUT2D eigenvalue weighted by atomic mass is 10.1. The fraction of sp³-hybridized carbons (Fsp3) is 0.471. The summed E-state index contributed by atoms with van der Waals surface area (Å²) in [6, 6.07) is 7.76. The second-order valence-corrected chi connectivity index (χ2v) is 5.21. The van der Waals surface area contributed by atoms with Gasteiger partial charge in [-0.15, -0.1) is 0 Å². The van der Waals surface area contributed by atoms with Gasteiger partial charge in [-0.25, -0.2) is 4.68 Å². The fourth-order valence-corrected chi connectivity index (χ4v) is 2.41. The molecular weight excluding hydrogens is 264 g/mol. The van der Waals surface area contributed by atoms with E-state index >= 15 is 0 Å². The van der Waals surface area contributed by atoms with E-state index < -0.39 is 0 Å². The van der Waals surface area contributed by atoms with E-state index in [0.717, 1.165) is 54.9 Å². The molecule has 0 amide bonds. The third kappa shape index (κ3) is 3.38. The van der Waals surface area contributed by atoms with E-state index in [9.17, 15) is 5.11 Å². The Labute approximate surface area is 126 Å². The zero-order chi connectivity index (χ0) is 15.2. The molecule has 21 heavy (non-hydrogen) atoms. The van der Waals surface area contributed by atoms with Crippen LogP contribution in [0.4, 0.5) is 0 Å². The normalized spacial score (nSPS) is 10.8. The average Bonchev–Trinajstić information content (AvgIpc) is 2.83. The summed E-state index contributed by atoms with van der Waals surface area (Å²) in [4.78, 5) is 0. The number of rotatable bonds is 7. The molecule has 0 saturated carbocycles. The van der Waals surface area contributed by atoms with Crippen molar-refractivity contribution in [1.29, 1.82) is 0 Å². The molecule has 1 N–H and O–H groups in total. The molecule has 0 aliphatic carbocycles. The lowest BCUT2D eigenvalue weighted by Gasteiger charge is -2.07. The van der Waals surface area contributed by atoms with Gasteiger partial charge in [-0.3, -0.25) is 0 Å². The summed E-state index contributed by atoms with van der Waals surface area (Å²) < 4.78 is 7.05. The molecule has 2 aromatic rings. The molecule has 1 aromatic carbocycles. The smallest absolute Gasteiger partial charge is 0.160 e.